The number of hydrogen-bond acceptors (Lipinski definition) is 0. The van der Waals surface area contributed by atoms with Crippen LogP contribution >= 0.6 is 0 Å². The van der Waals surface area contributed by atoms with Gasteiger partial charge in [0.05, 0.1) is 0 Å². The Balaban J connectivity index is 0. The third-order valence-corrected chi connectivity index (χ3v) is 1.90. The van der Waals surface area contributed by atoms with Gasteiger partial charge in [-0.15, -0.1) is 0 Å². The molecule has 7 heavy (non-hydrogen) atoms. The summed E-state index contributed by atoms with van der Waals surface area (Å²) in [6.07, 6.45) is 4.29. The molecule has 0 rings (SSSR count). The first-order chi connectivity index (χ1) is 2.91. The van der Waals surface area contributed by atoms with Gasteiger partial charge in [-0.05, 0) is 0 Å². The van der Waals surface area contributed by atoms with E-state index in [0.717, 1.165) is 0 Å². The van der Waals surface area contributed by atoms with Gasteiger partial charge in [0.25, 0.3) is 0 Å². The summed E-state index contributed by atoms with van der Waals surface area (Å²) in [6, 6.07) is 0. The molecule has 0 saturated carbocycles. The molecule has 0 aromatic carbocycles. The molecule has 0 saturated heterocycles. The van der Waals surface area contributed by atoms with Gasteiger partial charge in [0, 0.05) is 0 Å². The van der Waals surface area contributed by atoms with Gasteiger partial charge in [-0.25, -0.2) is 0 Å². The molecule has 2 heteroatoms. The van der Waals surface area contributed by atoms with Crippen LogP contribution in [0.2, 0.25) is 5.25 Å². The van der Waals surface area contributed by atoms with Crippen molar-refractivity contribution < 1.29 is 0 Å². The zero-order valence-electron chi connectivity index (χ0n) is 5.54. The van der Waals surface area contributed by atoms with Gasteiger partial charge in [-0.2, -0.15) is 0 Å². The van der Waals surface area contributed by atoms with E-state index in [2.05, 4.69) is 6.92 Å². The zero-order chi connectivity index (χ0) is 4.83. The Morgan fingerprint density at radius 3 is 2.00 bits per heavy atom. The van der Waals surface area contributed by atoms with Gasteiger partial charge in [0.2, 0.25) is 0 Å². The van der Waals surface area contributed by atoms with Gasteiger partial charge >= 0.3 is 65.6 Å². The van der Waals surface area contributed by atoms with Crippen molar-refractivity contribution in [2.45, 2.75) is 31.4 Å². The third kappa shape index (κ3) is 11.0. The van der Waals surface area contributed by atoms with Crippen LogP contribution in [0.5, 0.6) is 0 Å². The molecule has 0 aliphatic rings. The number of hydrogen-bond donors (Lipinski definition) is 0. The molecule has 0 nitrogen and oxygen atoms in total. The van der Waals surface area contributed by atoms with Crippen LogP contribution in [0.1, 0.15) is 26.2 Å². The first kappa shape index (κ1) is 11.0. The Morgan fingerprint density at radius 1 is 1.29 bits per heavy atom. The summed E-state index contributed by atoms with van der Waals surface area (Å²) in [5, 5.41) is 1.48. The molecule has 0 N–H and O–H groups in total. The molecule has 0 aliphatic carbocycles. The minimum atomic E-state index is 0. The first-order valence-electron chi connectivity index (χ1n) is 2.71. The van der Waals surface area contributed by atoms with Crippen molar-refractivity contribution in [1.82, 2.24) is 0 Å². The van der Waals surface area contributed by atoms with E-state index in [4.69, 9.17) is 0 Å². The molecule has 0 heterocycles. The van der Waals surface area contributed by atoms with Crippen LogP contribution < -0.4 is 0 Å². The fourth-order valence-electron chi connectivity index (χ4n) is 0.427. The van der Waals surface area contributed by atoms with E-state index in [9.17, 15) is 0 Å². The monoisotopic (exact) mass is 224 g/mol. The van der Waals surface area contributed by atoms with E-state index < -0.39 is 0 Å². The van der Waals surface area contributed by atoms with Crippen molar-refractivity contribution in [2.75, 3.05) is 0 Å². The van der Waals surface area contributed by atoms with Crippen molar-refractivity contribution in [3.63, 3.8) is 0 Å². The molecule has 0 spiro atoms. The summed E-state index contributed by atoms with van der Waals surface area (Å²) >= 11 is 1.49. The summed E-state index contributed by atoms with van der Waals surface area (Å²) in [6.45, 7) is 2.25. The summed E-state index contributed by atoms with van der Waals surface area (Å²) < 4.78 is 0. The second-order valence-corrected chi connectivity index (χ2v) is 3.04. The molecule has 0 unspecified atom stereocenters. The van der Waals surface area contributed by atoms with E-state index in [0.29, 0.717) is 0 Å². The topological polar surface area (TPSA) is 0 Å². The second kappa shape index (κ2) is 10.1. The predicted octanol–water partition coefficient (Wildman–Crippen LogP) is 0.0441. The van der Waals surface area contributed by atoms with Crippen molar-refractivity contribution in [1.29, 1.82) is 0 Å². The van der Waals surface area contributed by atoms with Crippen LogP contribution in [0.25, 0.3) is 0 Å². The Bertz CT molecular complexity index is 18.0. The van der Waals surface area contributed by atoms with Crippen molar-refractivity contribution in [3.05, 3.63) is 0 Å². The fraction of sp³-hybridized carbons (Fsp3) is 1.00. The van der Waals surface area contributed by atoms with Crippen LogP contribution in [-0.2, 0) is 0 Å². The molecule has 2 radical (unpaired) electrons. The van der Waals surface area contributed by atoms with Gasteiger partial charge in [0.1, 0.15) is 0 Å². The molecule has 0 aliphatic heterocycles. The molecular formula is C5H16Ge2. The molecule has 0 amide bonds. The van der Waals surface area contributed by atoms with E-state index >= 15 is 0 Å². The summed E-state index contributed by atoms with van der Waals surface area (Å²) in [5.74, 6) is 0. The second-order valence-electron chi connectivity index (χ2n) is 1.56. The SMILES string of the molecule is CCCC[CH2][GeH2].[GeH3]. The summed E-state index contributed by atoms with van der Waals surface area (Å²) in [7, 11) is 0. The van der Waals surface area contributed by atoms with E-state index in [1.807, 2.05) is 0 Å². The Kier molecular flexibility index (Phi) is 15.9. The molecule has 0 fully saturated rings. The van der Waals surface area contributed by atoms with Crippen molar-refractivity contribution in [2.24, 2.45) is 0 Å². The first-order valence-corrected chi connectivity index (χ1v) is 4.81. The standard InChI is InChI=1S/C5H13Ge.GeH3/c1-2-3-4-5-6;/h2-6H2,1H3;1H3. The van der Waals surface area contributed by atoms with Gasteiger partial charge in [-0.1, -0.05) is 0 Å². The Hall–Kier alpha value is 1.09. The van der Waals surface area contributed by atoms with Crippen LogP contribution in [0, 0.1) is 0 Å². The Labute approximate surface area is 65.6 Å². The molecular weight excluding hydrogens is 205 g/mol. The van der Waals surface area contributed by atoms with Crippen LogP contribution in [0.15, 0.2) is 0 Å². The molecule has 0 aromatic heterocycles. The van der Waals surface area contributed by atoms with Crippen molar-refractivity contribution in [3.8, 4) is 0 Å². The molecule has 0 bridgehead atoms. The van der Waals surface area contributed by atoms with Crippen LogP contribution in [0.3, 0.4) is 0 Å². The maximum absolute atomic E-state index is 2.25. The summed E-state index contributed by atoms with van der Waals surface area (Å²) in [4.78, 5) is 0. The van der Waals surface area contributed by atoms with Gasteiger partial charge in [-0.3, -0.25) is 0 Å². The van der Waals surface area contributed by atoms with Crippen LogP contribution in [-0.4, -0.2) is 34.1 Å². The van der Waals surface area contributed by atoms with Gasteiger partial charge in [0.15, 0.2) is 0 Å². The van der Waals surface area contributed by atoms with E-state index in [1.165, 1.54) is 41.0 Å². The quantitative estimate of drug-likeness (QED) is 0.466. The summed E-state index contributed by atoms with van der Waals surface area (Å²) in [5.41, 5.74) is 0. The Morgan fingerprint density at radius 2 is 1.86 bits per heavy atom. The van der Waals surface area contributed by atoms with E-state index in [-0.39, 0.29) is 17.6 Å². The average Bonchev–Trinajstić information content (AvgIpc) is 1.61. The molecule has 0 atom stereocenters. The fourth-order valence-corrected chi connectivity index (χ4v) is 1.17. The van der Waals surface area contributed by atoms with E-state index in [1.54, 1.807) is 0 Å². The zero-order valence-corrected chi connectivity index (χ0v) is 12.7. The number of unbranched alkanes of at least 4 members (excludes halogenated alkanes) is 2. The maximum atomic E-state index is 2.25. The normalized spacial score (nSPS) is 7.71. The minimum absolute atomic E-state index is 0. The number of rotatable bonds is 3. The third-order valence-electron chi connectivity index (χ3n) is 0.854. The molecule has 44 valence electrons. The average molecular weight is 221 g/mol. The predicted molar refractivity (Wildman–Crippen MR) is 42.8 cm³/mol. The van der Waals surface area contributed by atoms with Crippen LogP contribution in [0.4, 0.5) is 0 Å². The molecule has 0 aromatic rings. The van der Waals surface area contributed by atoms with Gasteiger partial charge < -0.3 is 0 Å². The van der Waals surface area contributed by atoms with Crippen molar-refractivity contribution >= 4 is 34.1 Å².